The Morgan fingerprint density at radius 3 is 3.00 bits per heavy atom. The van der Waals surface area contributed by atoms with Crippen molar-refractivity contribution in [3.8, 4) is 0 Å². The van der Waals surface area contributed by atoms with Crippen molar-refractivity contribution in [2.45, 2.75) is 31.4 Å². The molecule has 0 aliphatic carbocycles. The molecule has 3 heterocycles. The Kier molecular flexibility index (Phi) is 3.66. The fourth-order valence-corrected chi connectivity index (χ4v) is 3.18. The molecule has 3 unspecified atom stereocenters. The monoisotopic (exact) mass is 266 g/mol. The third-order valence-electron chi connectivity index (χ3n) is 4.16. The highest BCUT2D eigenvalue weighted by Crippen LogP contribution is 2.32. The van der Waals surface area contributed by atoms with Crippen molar-refractivity contribution in [2.24, 2.45) is 5.92 Å². The van der Waals surface area contributed by atoms with Crippen LogP contribution in [0.25, 0.3) is 0 Å². The standard InChI is InChI=1S/C14H19FN2O2/c15-10-3-4-14(16-8-10)17-6-1-2-12(17)11-9-19-7-5-13(11)18/h3-4,8,11-13,18H,1-2,5-7,9H2. The molecule has 1 aromatic heterocycles. The zero-order chi connectivity index (χ0) is 13.2. The number of anilines is 1. The number of pyridine rings is 1. The summed E-state index contributed by atoms with van der Waals surface area (Å²) in [5.41, 5.74) is 0. The van der Waals surface area contributed by atoms with E-state index in [0.717, 1.165) is 25.2 Å². The highest BCUT2D eigenvalue weighted by molar-refractivity contribution is 5.41. The first kappa shape index (κ1) is 12.8. The van der Waals surface area contributed by atoms with Crippen LogP contribution in [0.15, 0.2) is 18.3 Å². The summed E-state index contributed by atoms with van der Waals surface area (Å²) in [6.07, 6.45) is 3.75. The predicted octanol–water partition coefficient (Wildman–Crippen LogP) is 1.59. The zero-order valence-corrected chi connectivity index (χ0v) is 10.8. The molecular weight excluding hydrogens is 247 g/mol. The van der Waals surface area contributed by atoms with Crippen LogP contribution in [-0.2, 0) is 4.74 Å². The van der Waals surface area contributed by atoms with Gasteiger partial charge in [0.25, 0.3) is 0 Å². The second-order valence-corrected chi connectivity index (χ2v) is 5.33. The molecule has 0 amide bonds. The Balaban J connectivity index is 1.79. The molecule has 5 heteroatoms. The number of ether oxygens (including phenoxy) is 1. The van der Waals surface area contributed by atoms with Crippen LogP contribution in [0.4, 0.5) is 10.2 Å². The van der Waals surface area contributed by atoms with E-state index in [1.807, 2.05) is 0 Å². The maximum absolute atomic E-state index is 12.9. The van der Waals surface area contributed by atoms with Crippen molar-refractivity contribution in [3.63, 3.8) is 0 Å². The number of hydrogen-bond acceptors (Lipinski definition) is 4. The van der Waals surface area contributed by atoms with Crippen molar-refractivity contribution >= 4 is 5.82 Å². The molecule has 19 heavy (non-hydrogen) atoms. The molecule has 2 fully saturated rings. The second kappa shape index (κ2) is 5.43. The van der Waals surface area contributed by atoms with Gasteiger partial charge in [-0.2, -0.15) is 0 Å². The number of aromatic nitrogens is 1. The number of nitrogens with zero attached hydrogens (tertiary/aromatic N) is 2. The number of halogens is 1. The fraction of sp³-hybridized carbons (Fsp3) is 0.643. The van der Waals surface area contributed by atoms with Gasteiger partial charge in [0, 0.05) is 25.1 Å². The lowest BCUT2D eigenvalue weighted by Crippen LogP contribution is -2.46. The summed E-state index contributed by atoms with van der Waals surface area (Å²) in [7, 11) is 0. The van der Waals surface area contributed by atoms with Gasteiger partial charge in [0.15, 0.2) is 0 Å². The van der Waals surface area contributed by atoms with Crippen molar-refractivity contribution in [3.05, 3.63) is 24.1 Å². The predicted molar refractivity (Wildman–Crippen MR) is 69.5 cm³/mol. The highest BCUT2D eigenvalue weighted by Gasteiger charge is 2.38. The summed E-state index contributed by atoms with van der Waals surface area (Å²) in [4.78, 5) is 6.34. The van der Waals surface area contributed by atoms with E-state index in [-0.39, 0.29) is 23.9 Å². The lowest BCUT2D eigenvalue weighted by Gasteiger charge is -2.37. The molecule has 0 radical (unpaired) electrons. The van der Waals surface area contributed by atoms with Gasteiger partial charge in [0.1, 0.15) is 11.6 Å². The molecule has 2 aliphatic rings. The molecule has 2 saturated heterocycles. The molecule has 0 saturated carbocycles. The summed E-state index contributed by atoms with van der Waals surface area (Å²) < 4.78 is 18.4. The van der Waals surface area contributed by atoms with E-state index < -0.39 is 0 Å². The van der Waals surface area contributed by atoms with Gasteiger partial charge in [-0.05, 0) is 31.4 Å². The van der Waals surface area contributed by atoms with Crippen LogP contribution in [0.3, 0.4) is 0 Å². The number of aliphatic hydroxyl groups is 1. The van der Waals surface area contributed by atoms with Crippen LogP contribution in [0, 0.1) is 11.7 Å². The quantitative estimate of drug-likeness (QED) is 0.883. The lowest BCUT2D eigenvalue weighted by atomic mass is 9.89. The van der Waals surface area contributed by atoms with Crippen LogP contribution in [0.2, 0.25) is 0 Å². The van der Waals surface area contributed by atoms with Crippen LogP contribution in [0.1, 0.15) is 19.3 Å². The normalized spacial score (nSPS) is 31.7. The van der Waals surface area contributed by atoms with E-state index in [4.69, 9.17) is 4.74 Å². The summed E-state index contributed by atoms with van der Waals surface area (Å²) >= 11 is 0. The molecular formula is C14H19FN2O2. The first-order valence-electron chi connectivity index (χ1n) is 6.90. The van der Waals surface area contributed by atoms with Gasteiger partial charge in [-0.1, -0.05) is 0 Å². The number of aliphatic hydroxyl groups excluding tert-OH is 1. The van der Waals surface area contributed by atoms with Crippen LogP contribution >= 0.6 is 0 Å². The van der Waals surface area contributed by atoms with Crippen molar-refractivity contribution < 1.29 is 14.2 Å². The molecule has 1 N–H and O–H groups in total. The molecule has 4 nitrogen and oxygen atoms in total. The second-order valence-electron chi connectivity index (χ2n) is 5.33. The van der Waals surface area contributed by atoms with Gasteiger partial charge in [0.05, 0.1) is 18.9 Å². The first-order chi connectivity index (χ1) is 9.25. The zero-order valence-electron chi connectivity index (χ0n) is 10.8. The van der Waals surface area contributed by atoms with Crippen LogP contribution in [-0.4, -0.2) is 42.0 Å². The maximum atomic E-state index is 12.9. The molecule has 104 valence electrons. The van der Waals surface area contributed by atoms with Gasteiger partial charge in [-0.15, -0.1) is 0 Å². The van der Waals surface area contributed by atoms with E-state index in [2.05, 4.69) is 9.88 Å². The average Bonchev–Trinajstić information content (AvgIpc) is 2.89. The van der Waals surface area contributed by atoms with E-state index in [1.165, 1.54) is 12.3 Å². The van der Waals surface area contributed by atoms with Gasteiger partial charge < -0.3 is 14.7 Å². The van der Waals surface area contributed by atoms with Crippen molar-refractivity contribution in [1.29, 1.82) is 0 Å². The highest BCUT2D eigenvalue weighted by atomic mass is 19.1. The Hall–Kier alpha value is -1.20. The average molecular weight is 266 g/mol. The van der Waals surface area contributed by atoms with Crippen LogP contribution < -0.4 is 4.90 Å². The largest absolute Gasteiger partial charge is 0.393 e. The molecule has 0 spiro atoms. The third-order valence-corrected chi connectivity index (χ3v) is 4.16. The summed E-state index contributed by atoms with van der Waals surface area (Å²) in [6.45, 7) is 2.15. The summed E-state index contributed by atoms with van der Waals surface area (Å²) in [5.74, 6) is 0.602. The number of hydrogen-bond donors (Lipinski definition) is 1. The van der Waals surface area contributed by atoms with Gasteiger partial charge >= 0.3 is 0 Å². The first-order valence-corrected chi connectivity index (χ1v) is 6.90. The lowest BCUT2D eigenvalue weighted by molar-refractivity contribution is -0.0438. The van der Waals surface area contributed by atoms with Gasteiger partial charge in [-0.25, -0.2) is 9.37 Å². The Labute approximate surface area is 112 Å². The molecule has 3 atom stereocenters. The summed E-state index contributed by atoms with van der Waals surface area (Å²) in [6, 6.07) is 3.39. The SMILES string of the molecule is OC1CCOCC1C1CCCN1c1ccc(F)cn1. The molecule has 3 rings (SSSR count). The van der Waals surface area contributed by atoms with E-state index in [9.17, 15) is 9.50 Å². The minimum absolute atomic E-state index is 0.128. The van der Waals surface area contributed by atoms with E-state index in [1.54, 1.807) is 6.07 Å². The van der Waals surface area contributed by atoms with E-state index in [0.29, 0.717) is 19.6 Å². The van der Waals surface area contributed by atoms with Gasteiger partial charge in [-0.3, -0.25) is 0 Å². The Morgan fingerprint density at radius 1 is 1.37 bits per heavy atom. The number of rotatable bonds is 2. The molecule has 0 aromatic carbocycles. The molecule has 1 aromatic rings. The van der Waals surface area contributed by atoms with Crippen molar-refractivity contribution in [1.82, 2.24) is 4.98 Å². The topological polar surface area (TPSA) is 45.6 Å². The minimum atomic E-state index is -0.319. The third kappa shape index (κ3) is 2.58. The Bertz CT molecular complexity index is 426. The maximum Gasteiger partial charge on any atom is 0.141 e. The summed E-state index contributed by atoms with van der Waals surface area (Å²) in [5, 5.41) is 10.2. The molecule has 2 aliphatic heterocycles. The smallest absolute Gasteiger partial charge is 0.141 e. The van der Waals surface area contributed by atoms with Crippen molar-refractivity contribution in [2.75, 3.05) is 24.7 Å². The van der Waals surface area contributed by atoms with E-state index >= 15 is 0 Å². The molecule has 0 bridgehead atoms. The minimum Gasteiger partial charge on any atom is -0.393 e. The Morgan fingerprint density at radius 2 is 2.26 bits per heavy atom. The fourth-order valence-electron chi connectivity index (χ4n) is 3.18. The van der Waals surface area contributed by atoms with Gasteiger partial charge in [0.2, 0.25) is 0 Å². The van der Waals surface area contributed by atoms with Crippen LogP contribution in [0.5, 0.6) is 0 Å².